The van der Waals surface area contributed by atoms with Gasteiger partial charge in [0.1, 0.15) is 5.82 Å². The topological polar surface area (TPSA) is 76.0 Å². The Hall–Kier alpha value is -3.15. The molecule has 26 heavy (non-hydrogen) atoms. The minimum atomic E-state index is -0.380. The molecule has 3 rings (SSSR count). The van der Waals surface area contributed by atoms with Crippen molar-refractivity contribution in [2.45, 2.75) is 33.7 Å². The first-order valence-corrected chi connectivity index (χ1v) is 8.70. The monoisotopic (exact) mass is 350 g/mol. The van der Waals surface area contributed by atoms with E-state index in [1.54, 1.807) is 24.3 Å². The molecule has 0 aliphatic heterocycles. The molecule has 2 amide bonds. The lowest BCUT2D eigenvalue weighted by atomic mass is 10.1. The average molecular weight is 350 g/mol. The molecule has 0 saturated carbocycles. The van der Waals surface area contributed by atoms with Crippen molar-refractivity contribution in [1.82, 2.24) is 20.4 Å². The fraction of sp³-hybridized carbons (Fsp3) is 0.250. The first-order valence-electron chi connectivity index (χ1n) is 8.70. The highest BCUT2D eigenvalue weighted by molar-refractivity contribution is 6.00. The zero-order chi connectivity index (χ0) is 18.7. The zero-order valence-electron chi connectivity index (χ0n) is 15.2. The Morgan fingerprint density at radius 1 is 0.962 bits per heavy atom. The van der Waals surface area contributed by atoms with E-state index in [1.165, 1.54) is 0 Å². The number of aromatic nitrogens is 2. The number of nitrogens with zero attached hydrogens (tertiary/aromatic N) is 2. The first-order chi connectivity index (χ1) is 12.5. The van der Waals surface area contributed by atoms with Crippen molar-refractivity contribution in [3.05, 3.63) is 65.0 Å². The smallest absolute Gasteiger partial charge is 0.269 e. The Bertz CT molecular complexity index is 958. The van der Waals surface area contributed by atoms with Gasteiger partial charge in [-0.25, -0.2) is 4.98 Å². The molecule has 2 N–H and O–H groups in total. The molecule has 3 aromatic rings. The quantitative estimate of drug-likeness (QED) is 0.710. The summed E-state index contributed by atoms with van der Waals surface area (Å²) in [6, 6.07) is 12.6. The van der Waals surface area contributed by atoms with Crippen LogP contribution in [0.25, 0.3) is 11.0 Å². The Morgan fingerprint density at radius 2 is 1.58 bits per heavy atom. The molecule has 0 fully saturated rings. The largest absolute Gasteiger partial charge is 0.329 e. The standard InChI is InChI=1S/C20H22N4O2/c1-4-14-6-8-15(9-7-14)19(25)22-23-20(26)16-10-11-18-17(12-16)21-13(3)24(18)5-2/h6-12H,4-5H2,1-3H3,(H,22,25)(H,23,26). The van der Waals surface area contributed by atoms with Crippen LogP contribution in [0.3, 0.4) is 0 Å². The molecule has 0 atom stereocenters. The molecule has 2 aromatic carbocycles. The van der Waals surface area contributed by atoms with Gasteiger partial charge < -0.3 is 4.57 Å². The summed E-state index contributed by atoms with van der Waals surface area (Å²) in [7, 11) is 0. The second kappa shape index (κ2) is 7.39. The molecule has 0 saturated heterocycles. The van der Waals surface area contributed by atoms with Crippen molar-refractivity contribution in [2.24, 2.45) is 0 Å². The predicted octanol–water partition coefficient (Wildman–Crippen LogP) is 3.00. The normalized spacial score (nSPS) is 10.7. The highest BCUT2D eigenvalue weighted by Crippen LogP contribution is 2.17. The van der Waals surface area contributed by atoms with Crippen molar-refractivity contribution in [3.8, 4) is 0 Å². The van der Waals surface area contributed by atoms with Crippen LogP contribution in [0.5, 0.6) is 0 Å². The molecule has 6 heteroatoms. The van der Waals surface area contributed by atoms with E-state index in [0.717, 1.165) is 35.4 Å². The number of hydrazine groups is 1. The number of aryl methyl sites for hydroxylation is 3. The van der Waals surface area contributed by atoms with Crippen molar-refractivity contribution >= 4 is 22.8 Å². The van der Waals surface area contributed by atoms with E-state index in [9.17, 15) is 9.59 Å². The maximum absolute atomic E-state index is 12.3. The van der Waals surface area contributed by atoms with Gasteiger partial charge in [-0.2, -0.15) is 0 Å². The van der Waals surface area contributed by atoms with Crippen molar-refractivity contribution in [1.29, 1.82) is 0 Å². The molecule has 134 valence electrons. The highest BCUT2D eigenvalue weighted by atomic mass is 16.2. The number of nitrogens with one attached hydrogen (secondary N) is 2. The van der Waals surface area contributed by atoms with Crippen molar-refractivity contribution in [2.75, 3.05) is 0 Å². The molecular formula is C20H22N4O2. The van der Waals surface area contributed by atoms with E-state index in [4.69, 9.17) is 0 Å². The summed E-state index contributed by atoms with van der Waals surface area (Å²) in [6.07, 6.45) is 0.911. The Kier molecular flexibility index (Phi) is 5.02. The Balaban J connectivity index is 1.69. The van der Waals surface area contributed by atoms with Gasteiger partial charge in [0.2, 0.25) is 0 Å². The van der Waals surface area contributed by atoms with Gasteiger partial charge in [0.05, 0.1) is 11.0 Å². The van der Waals surface area contributed by atoms with Gasteiger partial charge in [-0.05, 0) is 56.2 Å². The zero-order valence-corrected chi connectivity index (χ0v) is 15.2. The summed E-state index contributed by atoms with van der Waals surface area (Å²) in [6.45, 7) is 6.86. The van der Waals surface area contributed by atoms with E-state index in [0.29, 0.717) is 11.1 Å². The third-order valence-corrected chi connectivity index (χ3v) is 4.43. The Morgan fingerprint density at radius 3 is 2.19 bits per heavy atom. The van der Waals surface area contributed by atoms with E-state index < -0.39 is 0 Å². The third-order valence-electron chi connectivity index (χ3n) is 4.43. The number of carbonyl (C=O) groups is 2. The third kappa shape index (κ3) is 3.44. The molecule has 0 unspecified atom stereocenters. The van der Waals surface area contributed by atoms with Crippen molar-refractivity contribution < 1.29 is 9.59 Å². The van der Waals surface area contributed by atoms with Crippen LogP contribution >= 0.6 is 0 Å². The second-order valence-electron chi connectivity index (χ2n) is 6.07. The summed E-state index contributed by atoms with van der Waals surface area (Å²) in [4.78, 5) is 28.9. The second-order valence-corrected chi connectivity index (χ2v) is 6.07. The van der Waals surface area contributed by atoms with Gasteiger partial charge in [-0.3, -0.25) is 20.4 Å². The van der Waals surface area contributed by atoms with E-state index >= 15 is 0 Å². The SMILES string of the molecule is CCc1ccc(C(=O)NNC(=O)c2ccc3c(c2)nc(C)n3CC)cc1. The van der Waals surface area contributed by atoms with Gasteiger partial charge in [-0.15, -0.1) is 0 Å². The fourth-order valence-corrected chi connectivity index (χ4v) is 2.94. The lowest BCUT2D eigenvalue weighted by molar-refractivity contribution is 0.0847. The molecular weight excluding hydrogens is 328 g/mol. The lowest BCUT2D eigenvalue weighted by Crippen LogP contribution is -2.41. The summed E-state index contributed by atoms with van der Waals surface area (Å²) in [5, 5.41) is 0. The number of amides is 2. The average Bonchev–Trinajstić information content (AvgIpc) is 2.99. The molecule has 6 nitrogen and oxygen atoms in total. The molecule has 0 bridgehead atoms. The predicted molar refractivity (Wildman–Crippen MR) is 101 cm³/mol. The maximum atomic E-state index is 12.3. The minimum absolute atomic E-state index is 0.354. The summed E-state index contributed by atoms with van der Waals surface area (Å²) < 4.78 is 2.08. The van der Waals surface area contributed by atoms with Crippen LogP contribution < -0.4 is 10.9 Å². The van der Waals surface area contributed by atoms with E-state index in [1.807, 2.05) is 25.1 Å². The molecule has 1 heterocycles. The van der Waals surface area contributed by atoms with Gasteiger partial charge in [0.25, 0.3) is 11.8 Å². The molecule has 1 aromatic heterocycles. The van der Waals surface area contributed by atoms with Gasteiger partial charge in [0, 0.05) is 17.7 Å². The summed E-state index contributed by atoms with van der Waals surface area (Å²) in [5.41, 5.74) is 8.74. The number of imidazole rings is 1. The van der Waals surface area contributed by atoms with Crippen LogP contribution in [0.4, 0.5) is 0 Å². The number of hydrogen-bond acceptors (Lipinski definition) is 3. The fourth-order valence-electron chi connectivity index (χ4n) is 2.94. The summed E-state index contributed by atoms with van der Waals surface area (Å²) >= 11 is 0. The highest BCUT2D eigenvalue weighted by Gasteiger charge is 2.12. The summed E-state index contributed by atoms with van der Waals surface area (Å²) in [5.74, 6) is 0.172. The van der Waals surface area contributed by atoms with Crippen LogP contribution in [0.1, 0.15) is 46.0 Å². The number of carbonyl (C=O) groups excluding carboxylic acids is 2. The molecule has 0 radical (unpaired) electrons. The van der Waals surface area contributed by atoms with Crippen LogP contribution in [0.15, 0.2) is 42.5 Å². The van der Waals surface area contributed by atoms with E-state index in [-0.39, 0.29) is 11.8 Å². The molecule has 0 aliphatic rings. The van der Waals surface area contributed by atoms with Gasteiger partial charge in [-0.1, -0.05) is 19.1 Å². The van der Waals surface area contributed by atoms with Gasteiger partial charge >= 0.3 is 0 Å². The molecule has 0 aliphatic carbocycles. The number of rotatable bonds is 4. The number of hydrogen-bond donors (Lipinski definition) is 2. The maximum Gasteiger partial charge on any atom is 0.269 e. The van der Waals surface area contributed by atoms with Gasteiger partial charge in [0.15, 0.2) is 0 Å². The first kappa shape index (κ1) is 17.7. The number of fused-ring (bicyclic) bond motifs is 1. The van der Waals surface area contributed by atoms with Crippen LogP contribution in [-0.4, -0.2) is 21.4 Å². The van der Waals surface area contributed by atoms with Crippen LogP contribution in [-0.2, 0) is 13.0 Å². The lowest BCUT2D eigenvalue weighted by Gasteiger charge is -2.08. The molecule has 0 spiro atoms. The van der Waals surface area contributed by atoms with Crippen molar-refractivity contribution in [3.63, 3.8) is 0 Å². The number of benzene rings is 2. The van der Waals surface area contributed by atoms with Crippen LogP contribution in [0, 0.1) is 6.92 Å². The van der Waals surface area contributed by atoms with E-state index in [2.05, 4.69) is 34.3 Å². The van der Waals surface area contributed by atoms with Crippen LogP contribution in [0.2, 0.25) is 0 Å². The Labute approximate surface area is 152 Å². The minimum Gasteiger partial charge on any atom is -0.329 e.